The Morgan fingerprint density at radius 3 is 2.65 bits per heavy atom. The molecule has 0 heterocycles. The fourth-order valence-corrected chi connectivity index (χ4v) is 4.01. The lowest BCUT2D eigenvalue weighted by Crippen LogP contribution is -2.38. The third kappa shape index (κ3) is 3.27. The first-order valence-corrected chi connectivity index (χ1v) is 8.05. The predicted octanol–water partition coefficient (Wildman–Crippen LogP) is 2.40. The first-order valence-electron chi connectivity index (χ1n) is 6.56. The summed E-state index contributed by atoms with van der Waals surface area (Å²) < 4.78 is 53.7. The van der Waals surface area contributed by atoms with Crippen molar-refractivity contribution in [1.82, 2.24) is 4.72 Å². The van der Waals surface area contributed by atoms with Gasteiger partial charge in [0.25, 0.3) is 0 Å². The molecule has 1 aliphatic rings. The quantitative estimate of drug-likeness (QED) is 0.842. The molecule has 2 atom stereocenters. The Kier molecular flexibility index (Phi) is 4.29. The molecule has 1 saturated carbocycles. The highest BCUT2D eigenvalue weighted by Gasteiger charge is 2.28. The lowest BCUT2D eigenvalue weighted by Gasteiger charge is -2.27. The van der Waals surface area contributed by atoms with Crippen molar-refractivity contribution in [2.75, 3.05) is 5.73 Å². The van der Waals surface area contributed by atoms with E-state index in [-0.39, 0.29) is 11.7 Å². The van der Waals surface area contributed by atoms with Crippen LogP contribution in [0.4, 0.5) is 14.5 Å². The fourth-order valence-electron chi connectivity index (χ4n) is 2.60. The minimum absolute atomic E-state index is 0.124. The van der Waals surface area contributed by atoms with Gasteiger partial charge < -0.3 is 5.73 Å². The van der Waals surface area contributed by atoms with Gasteiger partial charge in [-0.2, -0.15) is 0 Å². The van der Waals surface area contributed by atoms with Gasteiger partial charge in [-0.05, 0) is 30.9 Å². The van der Waals surface area contributed by atoms with Crippen LogP contribution in [0.1, 0.15) is 32.6 Å². The molecular weight excluding hydrogens is 286 g/mol. The Hall–Kier alpha value is -1.21. The highest BCUT2D eigenvalue weighted by Crippen LogP contribution is 2.26. The molecular formula is C13H18F2N2O2S. The van der Waals surface area contributed by atoms with Gasteiger partial charge in [0.1, 0.15) is 4.90 Å². The van der Waals surface area contributed by atoms with Crippen molar-refractivity contribution >= 4 is 15.7 Å². The Morgan fingerprint density at radius 1 is 1.30 bits per heavy atom. The van der Waals surface area contributed by atoms with Crippen LogP contribution in [0.15, 0.2) is 17.0 Å². The van der Waals surface area contributed by atoms with Crippen LogP contribution >= 0.6 is 0 Å². The summed E-state index contributed by atoms with van der Waals surface area (Å²) in [7, 11) is -4.10. The van der Waals surface area contributed by atoms with Crippen molar-refractivity contribution in [3.05, 3.63) is 23.8 Å². The van der Waals surface area contributed by atoms with Crippen molar-refractivity contribution in [2.45, 2.75) is 43.5 Å². The van der Waals surface area contributed by atoms with E-state index in [1.54, 1.807) is 0 Å². The summed E-state index contributed by atoms with van der Waals surface area (Å²) in [6.07, 6.45) is 3.38. The molecule has 1 aromatic rings. The molecule has 3 N–H and O–H groups in total. The van der Waals surface area contributed by atoms with Crippen LogP contribution in [0.5, 0.6) is 0 Å². The van der Waals surface area contributed by atoms with Gasteiger partial charge in [0, 0.05) is 11.7 Å². The van der Waals surface area contributed by atoms with E-state index in [2.05, 4.69) is 4.72 Å². The van der Waals surface area contributed by atoms with Gasteiger partial charge in [0.2, 0.25) is 10.0 Å². The maximum Gasteiger partial charge on any atom is 0.243 e. The Bertz CT molecular complexity index is 605. The number of hydrogen-bond donors (Lipinski definition) is 2. The van der Waals surface area contributed by atoms with E-state index in [4.69, 9.17) is 5.73 Å². The van der Waals surface area contributed by atoms with Crippen LogP contribution in [0, 0.1) is 17.6 Å². The standard InChI is InChI=1S/C13H18F2N2O2S/c1-8-3-2-4-10(5-8)17-20(18,19)12-7-9(16)6-11(14)13(12)15/h6-8,10,17H,2-5,16H2,1H3. The second kappa shape index (κ2) is 5.65. The van der Waals surface area contributed by atoms with Crippen LogP contribution in [-0.2, 0) is 10.0 Å². The van der Waals surface area contributed by atoms with Gasteiger partial charge in [0.05, 0.1) is 0 Å². The van der Waals surface area contributed by atoms with Gasteiger partial charge in [0.15, 0.2) is 11.6 Å². The highest BCUT2D eigenvalue weighted by atomic mass is 32.2. The average molecular weight is 304 g/mol. The van der Waals surface area contributed by atoms with Crippen molar-refractivity contribution in [2.24, 2.45) is 5.92 Å². The monoisotopic (exact) mass is 304 g/mol. The summed E-state index contributed by atoms with van der Waals surface area (Å²) in [4.78, 5) is -0.728. The van der Waals surface area contributed by atoms with E-state index in [0.717, 1.165) is 25.0 Å². The summed E-state index contributed by atoms with van der Waals surface area (Å²) in [6, 6.07) is 1.46. The van der Waals surface area contributed by atoms with Gasteiger partial charge in [-0.1, -0.05) is 19.8 Å². The van der Waals surface area contributed by atoms with E-state index >= 15 is 0 Å². The lowest BCUT2D eigenvalue weighted by molar-refractivity contribution is 0.327. The average Bonchev–Trinajstić information content (AvgIpc) is 2.33. The van der Waals surface area contributed by atoms with Crippen molar-refractivity contribution < 1.29 is 17.2 Å². The third-order valence-electron chi connectivity index (χ3n) is 3.56. The summed E-state index contributed by atoms with van der Waals surface area (Å²) in [5.41, 5.74) is 5.26. The number of benzene rings is 1. The minimum Gasteiger partial charge on any atom is -0.399 e. The molecule has 0 bridgehead atoms. The first-order chi connectivity index (χ1) is 9.29. The molecule has 2 rings (SSSR count). The zero-order valence-electron chi connectivity index (χ0n) is 11.2. The zero-order valence-corrected chi connectivity index (χ0v) is 12.0. The number of halogens is 2. The molecule has 0 aromatic heterocycles. The second-order valence-corrected chi connectivity index (χ2v) is 7.09. The van der Waals surface area contributed by atoms with Crippen LogP contribution < -0.4 is 10.5 Å². The first kappa shape index (κ1) is 15.2. The Morgan fingerprint density at radius 2 is 2.00 bits per heavy atom. The SMILES string of the molecule is CC1CCCC(NS(=O)(=O)c2cc(N)cc(F)c2F)C1. The van der Waals surface area contributed by atoms with E-state index in [1.807, 2.05) is 6.92 Å². The zero-order chi connectivity index (χ0) is 14.9. The van der Waals surface area contributed by atoms with Gasteiger partial charge in [-0.15, -0.1) is 0 Å². The summed E-state index contributed by atoms with van der Waals surface area (Å²) in [6.45, 7) is 2.04. The molecule has 0 aliphatic heterocycles. The van der Waals surface area contributed by atoms with Gasteiger partial charge in [-0.25, -0.2) is 21.9 Å². The largest absolute Gasteiger partial charge is 0.399 e. The number of anilines is 1. The van der Waals surface area contributed by atoms with Crippen LogP contribution in [-0.4, -0.2) is 14.5 Å². The normalized spacial score (nSPS) is 23.8. The number of hydrogen-bond acceptors (Lipinski definition) is 3. The summed E-state index contributed by atoms with van der Waals surface area (Å²) >= 11 is 0. The molecule has 1 aromatic carbocycles. The van der Waals surface area contributed by atoms with Gasteiger partial charge >= 0.3 is 0 Å². The molecule has 4 nitrogen and oxygen atoms in total. The van der Waals surface area contributed by atoms with E-state index in [0.29, 0.717) is 18.8 Å². The molecule has 1 aliphatic carbocycles. The molecule has 20 heavy (non-hydrogen) atoms. The van der Waals surface area contributed by atoms with E-state index in [9.17, 15) is 17.2 Å². The number of nitrogens with two attached hydrogens (primary N) is 1. The van der Waals surface area contributed by atoms with Crippen LogP contribution in [0.2, 0.25) is 0 Å². The Labute approximate surface area is 117 Å². The van der Waals surface area contributed by atoms with Crippen LogP contribution in [0.3, 0.4) is 0 Å². The number of nitrogen functional groups attached to an aromatic ring is 1. The number of nitrogens with one attached hydrogen (secondary N) is 1. The maximum absolute atomic E-state index is 13.7. The predicted molar refractivity (Wildman–Crippen MR) is 72.5 cm³/mol. The fraction of sp³-hybridized carbons (Fsp3) is 0.538. The van der Waals surface area contributed by atoms with Crippen molar-refractivity contribution in [3.8, 4) is 0 Å². The van der Waals surface area contributed by atoms with Crippen molar-refractivity contribution in [1.29, 1.82) is 0 Å². The lowest BCUT2D eigenvalue weighted by atomic mass is 9.88. The molecule has 0 saturated heterocycles. The number of rotatable bonds is 3. The van der Waals surface area contributed by atoms with E-state index in [1.165, 1.54) is 0 Å². The molecule has 7 heteroatoms. The molecule has 0 amide bonds. The molecule has 112 valence electrons. The molecule has 2 unspecified atom stereocenters. The maximum atomic E-state index is 13.7. The Balaban J connectivity index is 2.26. The molecule has 0 spiro atoms. The van der Waals surface area contributed by atoms with Gasteiger partial charge in [-0.3, -0.25) is 0 Å². The van der Waals surface area contributed by atoms with E-state index < -0.39 is 26.6 Å². The summed E-state index contributed by atoms with van der Waals surface area (Å²) in [5, 5.41) is 0. The topological polar surface area (TPSA) is 72.2 Å². The van der Waals surface area contributed by atoms with Crippen molar-refractivity contribution in [3.63, 3.8) is 0 Å². The van der Waals surface area contributed by atoms with Crippen LogP contribution in [0.25, 0.3) is 0 Å². The summed E-state index contributed by atoms with van der Waals surface area (Å²) in [5.74, 6) is -2.24. The second-order valence-electron chi connectivity index (χ2n) is 5.40. The third-order valence-corrected chi connectivity index (χ3v) is 5.08. The molecule has 0 radical (unpaired) electrons. The minimum atomic E-state index is -4.10. The number of sulfonamides is 1. The smallest absolute Gasteiger partial charge is 0.243 e. The molecule has 1 fully saturated rings. The highest BCUT2D eigenvalue weighted by molar-refractivity contribution is 7.89.